The number of hydrogen-bond acceptors (Lipinski definition) is 2. The van der Waals surface area contributed by atoms with Crippen LogP contribution in [0.15, 0.2) is 11.0 Å². The van der Waals surface area contributed by atoms with Crippen LogP contribution in [0.5, 0.6) is 0 Å². The quantitative estimate of drug-likeness (QED) is 0.723. The molecule has 0 aromatic carbocycles. The molecule has 2 rings (SSSR count). The van der Waals surface area contributed by atoms with E-state index in [1.165, 1.54) is 30.1 Å². The minimum Gasteiger partial charge on any atom is -0.266 e. The molecule has 0 aliphatic heterocycles. The Kier molecular flexibility index (Phi) is 8.35. The molecule has 19 heavy (non-hydrogen) atoms. The van der Waals surface area contributed by atoms with Crippen molar-refractivity contribution in [1.82, 2.24) is 9.78 Å². The number of nitrogens with zero attached hydrogens (tertiary/aromatic N) is 2. The maximum atomic E-state index is 12.0. The smallest absolute Gasteiger partial charge is 0.266 e. The van der Waals surface area contributed by atoms with Crippen molar-refractivity contribution in [2.75, 3.05) is 0 Å². The Morgan fingerprint density at radius 2 is 1.58 bits per heavy atom. The van der Waals surface area contributed by atoms with Crippen LogP contribution in [0.1, 0.15) is 65.8 Å². The largest absolute Gasteiger partial charge is 0.287 e. The Morgan fingerprint density at radius 3 is 2.16 bits per heavy atom. The molecule has 1 aromatic rings. The average Bonchev–Trinajstić information content (AvgIpc) is 2.27. The molecular formula is C14H24Cl2N2O. The number of halogens is 2. The molecule has 0 bridgehead atoms. The molecule has 1 aliphatic rings. The van der Waals surface area contributed by atoms with E-state index in [1.807, 2.05) is 0 Å². The van der Waals surface area contributed by atoms with E-state index in [1.54, 1.807) is 0 Å². The zero-order chi connectivity index (χ0) is 12.3. The molecular weight excluding hydrogens is 283 g/mol. The fourth-order valence-electron chi connectivity index (χ4n) is 2.36. The summed E-state index contributed by atoms with van der Waals surface area (Å²) >= 11 is 11.6. The minimum atomic E-state index is -0.259. The van der Waals surface area contributed by atoms with Crippen LogP contribution in [-0.2, 0) is 0 Å². The maximum Gasteiger partial charge on any atom is 0.287 e. The average molecular weight is 307 g/mol. The normalized spacial score (nSPS) is 16.7. The van der Waals surface area contributed by atoms with Crippen LogP contribution in [0.2, 0.25) is 10.0 Å². The van der Waals surface area contributed by atoms with Crippen molar-refractivity contribution in [1.29, 1.82) is 0 Å². The van der Waals surface area contributed by atoms with E-state index in [0.29, 0.717) is 0 Å². The summed E-state index contributed by atoms with van der Waals surface area (Å²) in [6, 6.07) is 0.178. The monoisotopic (exact) mass is 306 g/mol. The molecule has 0 saturated heterocycles. The van der Waals surface area contributed by atoms with E-state index in [2.05, 4.69) is 5.10 Å². The van der Waals surface area contributed by atoms with Gasteiger partial charge in [-0.1, -0.05) is 70.2 Å². The third-order valence-corrected chi connectivity index (χ3v) is 4.07. The van der Waals surface area contributed by atoms with Gasteiger partial charge in [-0.05, 0) is 12.8 Å². The lowest BCUT2D eigenvalue weighted by molar-refractivity contribution is 0.336. The molecule has 1 aromatic heterocycles. The number of rotatable bonds is 1. The summed E-state index contributed by atoms with van der Waals surface area (Å²) in [5.74, 6) is 0. The van der Waals surface area contributed by atoms with Crippen LogP contribution in [-0.4, -0.2) is 9.78 Å². The van der Waals surface area contributed by atoms with Gasteiger partial charge in [0.25, 0.3) is 5.56 Å². The maximum absolute atomic E-state index is 12.0. The van der Waals surface area contributed by atoms with Crippen molar-refractivity contribution in [2.45, 2.75) is 65.8 Å². The van der Waals surface area contributed by atoms with Crippen LogP contribution in [0.25, 0.3) is 0 Å². The van der Waals surface area contributed by atoms with E-state index in [-0.39, 0.29) is 36.5 Å². The van der Waals surface area contributed by atoms with Crippen molar-refractivity contribution >= 4 is 23.2 Å². The van der Waals surface area contributed by atoms with Gasteiger partial charge < -0.3 is 0 Å². The number of aromatic nitrogens is 2. The second-order valence-electron chi connectivity index (χ2n) is 4.56. The first-order valence-corrected chi connectivity index (χ1v) is 6.88. The summed E-state index contributed by atoms with van der Waals surface area (Å²) in [7, 11) is 0. The van der Waals surface area contributed by atoms with Crippen molar-refractivity contribution in [3.05, 3.63) is 26.6 Å². The first-order chi connectivity index (χ1) is 8.20. The highest BCUT2D eigenvalue weighted by Gasteiger charge is 2.17. The standard InChI is InChI=1S/C12H16Cl2N2O.2CH4/c13-10-8-15-16(12(17)11(10)14)9-6-4-2-1-3-5-7-9;;/h8-9H,1-7H2;2*1H4. The third-order valence-electron chi connectivity index (χ3n) is 3.32. The topological polar surface area (TPSA) is 34.9 Å². The van der Waals surface area contributed by atoms with E-state index >= 15 is 0 Å². The zero-order valence-electron chi connectivity index (χ0n) is 9.66. The predicted octanol–water partition coefficient (Wildman–Crippen LogP) is 5.11. The van der Waals surface area contributed by atoms with Gasteiger partial charge in [0.1, 0.15) is 5.02 Å². The Bertz CT molecular complexity index is 438. The Labute approximate surface area is 125 Å². The molecule has 1 heterocycles. The minimum absolute atomic E-state index is 0. The molecule has 5 heteroatoms. The van der Waals surface area contributed by atoms with Crippen molar-refractivity contribution < 1.29 is 0 Å². The fraction of sp³-hybridized carbons (Fsp3) is 0.714. The second kappa shape index (κ2) is 8.60. The van der Waals surface area contributed by atoms with Crippen molar-refractivity contribution in [3.63, 3.8) is 0 Å². The molecule has 0 amide bonds. The van der Waals surface area contributed by atoms with Crippen LogP contribution < -0.4 is 5.56 Å². The highest BCUT2D eigenvalue weighted by Crippen LogP contribution is 2.25. The molecule has 110 valence electrons. The molecule has 0 N–H and O–H groups in total. The van der Waals surface area contributed by atoms with Gasteiger partial charge in [-0.25, -0.2) is 4.68 Å². The molecule has 1 saturated carbocycles. The molecule has 0 unspecified atom stereocenters. The molecule has 3 nitrogen and oxygen atoms in total. The van der Waals surface area contributed by atoms with Gasteiger partial charge in [0.05, 0.1) is 17.3 Å². The molecule has 0 spiro atoms. The zero-order valence-corrected chi connectivity index (χ0v) is 11.2. The summed E-state index contributed by atoms with van der Waals surface area (Å²) in [5.41, 5.74) is -0.259. The Morgan fingerprint density at radius 1 is 1.05 bits per heavy atom. The summed E-state index contributed by atoms with van der Waals surface area (Å²) in [5, 5.41) is 4.44. The lowest BCUT2D eigenvalue weighted by Gasteiger charge is -2.20. The number of hydrogen-bond donors (Lipinski definition) is 0. The third kappa shape index (κ3) is 4.50. The first-order valence-electron chi connectivity index (χ1n) is 6.13. The Balaban J connectivity index is 0.00000162. The fourth-order valence-corrected chi connectivity index (χ4v) is 2.62. The van der Waals surface area contributed by atoms with Gasteiger partial charge in [-0.3, -0.25) is 4.79 Å². The highest BCUT2D eigenvalue weighted by molar-refractivity contribution is 6.41. The van der Waals surface area contributed by atoms with E-state index in [9.17, 15) is 4.79 Å². The van der Waals surface area contributed by atoms with Crippen LogP contribution in [0, 0.1) is 0 Å². The van der Waals surface area contributed by atoms with Gasteiger partial charge in [0, 0.05) is 0 Å². The van der Waals surface area contributed by atoms with Crippen molar-refractivity contribution in [2.24, 2.45) is 0 Å². The van der Waals surface area contributed by atoms with Crippen LogP contribution in [0.3, 0.4) is 0 Å². The van der Waals surface area contributed by atoms with E-state index in [0.717, 1.165) is 25.7 Å². The second-order valence-corrected chi connectivity index (χ2v) is 5.34. The first kappa shape index (κ1) is 18.5. The van der Waals surface area contributed by atoms with Gasteiger partial charge in [-0.15, -0.1) is 0 Å². The van der Waals surface area contributed by atoms with Crippen molar-refractivity contribution in [3.8, 4) is 0 Å². The predicted molar refractivity (Wildman–Crippen MR) is 83.3 cm³/mol. The van der Waals surface area contributed by atoms with E-state index < -0.39 is 0 Å². The summed E-state index contributed by atoms with van der Waals surface area (Å²) in [4.78, 5) is 12.0. The summed E-state index contributed by atoms with van der Waals surface area (Å²) in [6.45, 7) is 0. The molecule has 1 aliphatic carbocycles. The van der Waals surface area contributed by atoms with Gasteiger partial charge in [0.15, 0.2) is 0 Å². The molecule has 1 fully saturated rings. The van der Waals surface area contributed by atoms with Gasteiger partial charge in [-0.2, -0.15) is 5.10 Å². The Hall–Kier alpha value is -0.540. The van der Waals surface area contributed by atoms with Gasteiger partial charge in [0.2, 0.25) is 0 Å². The van der Waals surface area contributed by atoms with Gasteiger partial charge >= 0.3 is 0 Å². The van der Waals surface area contributed by atoms with E-state index in [4.69, 9.17) is 23.2 Å². The summed E-state index contributed by atoms with van der Waals surface area (Å²) < 4.78 is 1.51. The summed E-state index contributed by atoms with van der Waals surface area (Å²) in [6.07, 6.45) is 9.56. The SMILES string of the molecule is C.C.O=c1c(Cl)c(Cl)cnn1C1CCCCCCC1. The van der Waals surface area contributed by atoms with Crippen LogP contribution in [0.4, 0.5) is 0 Å². The highest BCUT2D eigenvalue weighted by atomic mass is 35.5. The molecule has 0 radical (unpaired) electrons. The lowest BCUT2D eigenvalue weighted by Crippen LogP contribution is -2.28. The lowest BCUT2D eigenvalue weighted by atomic mass is 9.97. The molecule has 0 atom stereocenters. The van der Waals surface area contributed by atoms with Crippen LogP contribution >= 0.6 is 23.2 Å².